The molecular weight excluding hydrogens is 368 g/mol. The maximum absolute atomic E-state index is 12.7. The fraction of sp³-hybridized carbons (Fsp3) is 0.682. The van der Waals surface area contributed by atoms with E-state index >= 15 is 0 Å². The van der Waals surface area contributed by atoms with E-state index in [4.69, 9.17) is 4.74 Å². The van der Waals surface area contributed by atoms with Crippen LogP contribution in [0.1, 0.15) is 54.1 Å². The van der Waals surface area contributed by atoms with Crippen LogP contribution in [-0.4, -0.2) is 90.5 Å². The van der Waals surface area contributed by atoms with Gasteiger partial charge in [-0.15, -0.1) is 0 Å². The van der Waals surface area contributed by atoms with E-state index in [0.717, 1.165) is 77.3 Å². The third-order valence-electron chi connectivity index (χ3n) is 6.52. The van der Waals surface area contributed by atoms with Gasteiger partial charge in [0.2, 0.25) is 5.91 Å². The Hall–Kier alpha value is -1.99. The molecule has 1 aromatic rings. The fourth-order valence-electron chi connectivity index (χ4n) is 4.52. The van der Waals surface area contributed by atoms with E-state index in [1.54, 1.807) is 6.20 Å². The van der Waals surface area contributed by atoms with Crippen molar-refractivity contribution in [2.45, 2.75) is 44.1 Å². The molecule has 7 heteroatoms. The molecule has 0 unspecified atom stereocenters. The number of aromatic nitrogens is 1. The second kappa shape index (κ2) is 9.22. The Balaban J connectivity index is 1.27. The molecule has 0 aromatic carbocycles. The number of ether oxygens (including phenoxy) is 1. The summed E-state index contributed by atoms with van der Waals surface area (Å²) in [7, 11) is 2.08. The quantitative estimate of drug-likeness (QED) is 0.770. The van der Waals surface area contributed by atoms with Gasteiger partial charge in [0.1, 0.15) is 0 Å². The number of likely N-dealkylation sites (tertiary alicyclic amines) is 1. The van der Waals surface area contributed by atoms with Gasteiger partial charge in [0, 0.05) is 63.7 Å². The first kappa shape index (κ1) is 20.3. The summed E-state index contributed by atoms with van der Waals surface area (Å²) in [4.78, 5) is 35.9. The van der Waals surface area contributed by atoms with Crippen LogP contribution in [0.3, 0.4) is 0 Å². The third-order valence-corrected chi connectivity index (χ3v) is 6.52. The summed E-state index contributed by atoms with van der Waals surface area (Å²) in [6.07, 6.45) is 6.29. The Labute approximate surface area is 173 Å². The van der Waals surface area contributed by atoms with Crippen LogP contribution >= 0.6 is 0 Å². The molecule has 0 bridgehead atoms. The molecule has 29 heavy (non-hydrogen) atoms. The minimum atomic E-state index is 0.0756. The van der Waals surface area contributed by atoms with Gasteiger partial charge in [-0.2, -0.15) is 0 Å². The lowest BCUT2D eigenvalue weighted by molar-refractivity contribution is -0.134. The Kier molecular flexibility index (Phi) is 6.45. The molecule has 158 valence electrons. The van der Waals surface area contributed by atoms with E-state index in [2.05, 4.69) is 16.9 Å². The fourth-order valence-corrected chi connectivity index (χ4v) is 4.52. The second-order valence-corrected chi connectivity index (χ2v) is 8.56. The Morgan fingerprint density at radius 3 is 2.41 bits per heavy atom. The number of hydrogen-bond donors (Lipinski definition) is 0. The van der Waals surface area contributed by atoms with Gasteiger partial charge < -0.3 is 19.4 Å². The van der Waals surface area contributed by atoms with E-state index in [0.29, 0.717) is 17.9 Å². The van der Waals surface area contributed by atoms with Crippen molar-refractivity contribution in [1.29, 1.82) is 0 Å². The summed E-state index contributed by atoms with van der Waals surface area (Å²) in [5, 5.41) is 0. The highest BCUT2D eigenvalue weighted by atomic mass is 16.5. The van der Waals surface area contributed by atoms with Gasteiger partial charge in [-0.3, -0.25) is 14.6 Å². The molecule has 0 saturated carbocycles. The van der Waals surface area contributed by atoms with Gasteiger partial charge in [-0.05, 0) is 44.9 Å². The molecule has 0 spiro atoms. The number of piperazine rings is 1. The first-order valence-electron chi connectivity index (χ1n) is 10.9. The summed E-state index contributed by atoms with van der Waals surface area (Å²) in [5.41, 5.74) is 1.70. The second-order valence-electron chi connectivity index (χ2n) is 8.56. The van der Waals surface area contributed by atoms with Crippen LogP contribution in [-0.2, 0) is 9.53 Å². The van der Waals surface area contributed by atoms with Gasteiger partial charge in [0.15, 0.2) is 0 Å². The molecule has 3 fully saturated rings. The zero-order chi connectivity index (χ0) is 20.2. The van der Waals surface area contributed by atoms with Crippen molar-refractivity contribution >= 4 is 11.8 Å². The number of nitrogens with zero attached hydrogens (tertiary/aromatic N) is 4. The molecule has 4 rings (SSSR count). The van der Waals surface area contributed by atoms with Gasteiger partial charge in [0.25, 0.3) is 5.91 Å². The van der Waals surface area contributed by atoms with Crippen LogP contribution in [0.4, 0.5) is 0 Å². The largest absolute Gasteiger partial charge is 0.378 e. The van der Waals surface area contributed by atoms with Crippen LogP contribution in [0, 0.1) is 0 Å². The highest BCUT2D eigenvalue weighted by molar-refractivity contribution is 5.94. The lowest BCUT2D eigenvalue weighted by atomic mass is 9.92. The number of pyridine rings is 1. The number of carbonyl (C=O) groups excluding carboxylic acids is 2. The Morgan fingerprint density at radius 1 is 1.03 bits per heavy atom. The smallest absolute Gasteiger partial charge is 0.255 e. The molecule has 0 N–H and O–H groups in total. The van der Waals surface area contributed by atoms with Crippen molar-refractivity contribution in [3.63, 3.8) is 0 Å². The SMILES string of the molecule is CN1CCN(C(=O)c2ccc(C3CCN(C(=O)C[C@H]4CCCO4)CC3)nc2)CC1. The van der Waals surface area contributed by atoms with E-state index in [-0.39, 0.29) is 17.9 Å². The molecule has 3 saturated heterocycles. The lowest BCUT2D eigenvalue weighted by Crippen LogP contribution is -2.47. The Bertz CT molecular complexity index is 701. The van der Waals surface area contributed by atoms with Crippen LogP contribution in [0.25, 0.3) is 0 Å². The zero-order valence-electron chi connectivity index (χ0n) is 17.4. The average molecular weight is 401 g/mol. The summed E-state index contributed by atoms with van der Waals surface area (Å²) in [6, 6.07) is 3.91. The van der Waals surface area contributed by atoms with Crippen molar-refractivity contribution in [3.8, 4) is 0 Å². The van der Waals surface area contributed by atoms with Crippen molar-refractivity contribution in [2.75, 3.05) is 52.9 Å². The van der Waals surface area contributed by atoms with E-state index in [1.807, 2.05) is 21.9 Å². The number of amides is 2. The molecular formula is C22H32N4O3. The molecule has 4 heterocycles. The van der Waals surface area contributed by atoms with Gasteiger partial charge in [-0.25, -0.2) is 0 Å². The van der Waals surface area contributed by atoms with Crippen molar-refractivity contribution in [2.24, 2.45) is 0 Å². The lowest BCUT2D eigenvalue weighted by Gasteiger charge is -2.33. The van der Waals surface area contributed by atoms with E-state index < -0.39 is 0 Å². The number of likely N-dealkylation sites (N-methyl/N-ethyl adjacent to an activating group) is 1. The molecule has 0 radical (unpaired) electrons. The Morgan fingerprint density at radius 2 is 1.79 bits per heavy atom. The van der Waals surface area contributed by atoms with Crippen LogP contribution < -0.4 is 0 Å². The summed E-state index contributed by atoms with van der Waals surface area (Å²) < 4.78 is 5.59. The molecule has 3 aliphatic heterocycles. The van der Waals surface area contributed by atoms with Gasteiger partial charge in [0.05, 0.1) is 18.1 Å². The molecule has 1 aromatic heterocycles. The summed E-state index contributed by atoms with van der Waals surface area (Å²) in [5.74, 6) is 0.651. The number of rotatable bonds is 4. The molecule has 3 aliphatic rings. The predicted molar refractivity (Wildman–Crippen MR) is 110 cm³/mol. The molecule has 2 amide bonds. The molecule has 7 nitrogen and oxygen atoms in total. The van der Waals surface area contributed by atoms with Crippen molar-refractivity contribution in [1.82, 2.24) is 19.7 Å². The third kappa shape index (κ3) is 4.95. The number of carbonyl (C=O) groups is 2. The normalized spacial score (nSPS) is 24.1. The number of hydrogen-bond acceptors (Lipinski definition) is 5. The summed E-state index contributed by atoms with van der Waals surface area (Å²) in [6.45, 7) is 5.73. The van der Waals surface area contributed by atoms with E-state index in [9.17, 15) is 9.59 Å². The maximum Gasteiger partial charge on any atom is 0.255 e. The first-order chi connectivity index (χ1) is 14.1. The van der Waals surface area contributed by atoms with Gasteiger partial charge >= 0.3 is 0 Å². The number of piperidine rings is 1. The minimum absolute atomic E-state index is 0.0756. The first-order valence-corrected chi connectivity index (χ1v) is 10.9. The van der Waals surface area contributed by atoms with Crippen molar-refractivity contribution < 1.29 is 14.3 Å². The molecule has 0 aliphatic carbocycles. The van der Waals surface area contributed by atoms with Crippen LogP contribution in [0.5, 0.6) is 0 Å². The average Bonchev–Trinajstić information content (AvgIpc) is 3.27. The summed E-state index contributed by atoms with van der Waals surface area (Å²) >= 11 is 0. The maximum atomic E-state index is 12.7. The van der Waals surface area contributed by atoms with E-state index in [1.165, 1.54) is 0 Å². The standard InChI is InChI=1S/C22H32N4O3/c1-24-10-12-26(13-11-24)22(28)18-4-5-20(23-16-18)17-6-8-25(9-7-17)21(27)15-19-3-2-14-29-19/h4-5,16-17,19H,2-3,6-15H2,1H3/t19-/m1/s1. The highest BCUT2D eigenvalue weighted by Crippen LogP contribution is 2.28. The van der Waals surface area contributed by atoms with Crippen LogP contribution in [0.2, 0.25) is 0 Å². The minimum Gasteiger partial charge on any atom is -0.378 e. The monoisotopic (exact) mass is 400 g/mol. The van der Waals surface area contributed by atoms with Crippen LogP contribution in [0.15, 0.2) is 18.3 Å². The molecule has 1 atom stereocenters. The van der Waals surface area contributed by atoms with Gasteiger partial charge in [-0.1, -0.05) is 0 Å². The zero-order valence-corrected chi connectivity index (χ0v) is 17.4. The topological polar surface area (TPSA) is 66.0 Å². The highest BCUT2D eigenvalue weighted by Gasteiger charge is 2.28. The predicted octanol–water partition coefficient (Wildman–Crippen LogP) is 1.74. The van der Waals surface area contributed by atoms with Crippen molar-refractivity contribution in [3.05, 3.63) is 29.6 Å².